The number of hydrogen-bond acceptors (Lipinski definition) is 5. The Bertz CT molecular complexity index is 1040. The van der Waals surface area contributed by atoms with E-state index in [1.807, 2.05) is 41.5 Å². The van der Waals surface area contributed by atoms with Crippen LogP contribution in [0.15, 0.2) is 32.5 Å². The van der Waals surface area contributed by atoms with Gasteiger partial charge < -0.3 is 11.1 Å². The molecule has 1 heterocycles. The summed E-state index contributed by atoms with van der Waals surface area (Å²) in [5.41, 5.74) is 7.08. The van der Waals surface area contributed by atoms with Crippen LogP contribution in [-0.4, -0.2) is 30.1 Å². The fourth-order valence-electron chi connectivity index (χ4n) is 3.04. The Morgan fingerprint density at radius 3 is 2.37 bits per heavy atom. The summed E-state index contributed by atoms with van der Waals surface area (Å²) < 4.78 is 29.3. The van der Waals surface area contributed by atoms with E-state index in [0.29, 0.717) is 40.9 Å². The van der Waals surface area contributed by atoms with Gasteiger partial charge in [0, 0.05) is 15.9 Å². The van der Waals surface area contributed by atoms with Gasteiger partial charge in [-0.25, -0.2) is 8.42 Å². The molecule has 30 heavy (non-hydrogen) atoms. The molecule has 1 aromatic heterocycles. The van der Waals surface area contributed by atoms with Gasteiger partial charge in [-0.05, 0) is 53.9 Å². The maximum atomic E-state index is 13.5. The molecule has 0 radical (unpaired) electrons. The molecule has 2 aromatic rings. The lowest BCUT2D eigenvalue weighted by Crippen LogP contribution is -2.27. The van der Waals surface area contributed by atoms with Crippen LogP contribution < -0.4 is 11.1 Å². The number of carbonyl (C=O) groups excluding carboxylic acids is 1. The Hall–Kier alpha value is -1.71. The number of sulfone groups is 1. The molecule has 0 unspecified atom stereocenters. The van der Waals surface area contributed by atoms with Crippen LogP contribution in [0.25, 0.3) is 0 Å². The van der Waals surface area contributed by atoms with Gasteiger partial charge in [0.1, 0.15) is 4.90 Å². The molecule has 0 aliphatic carbocycles. The second-order valence-corrected chi connectivity index (χ2v) is 11.2. The molecule has 0 saturated heterocycles. The van der Waals surface area contributed by atoms with Gasteiger partial charge in [-0.2, -0.15) is 5.10 Å². The second kappa shape index (κ2) is 9.20. The highest BCUT2D eigenvalue weighted by Crippen LogP contribution is 2.33. The summed E-state index contributed by atoms with van der Waals surface area (Å²) in [6.45, 7) is 11.6. The molecule has 0 spiro atoms. The van der Waals surface area contributed by atoms with E-state index < -0.39 is 15.3 Å². The first-order valence-electron chi connectivity index (χ1n) is 10.0. The van der Waals surface area contributed by atoms with Crippen molar-refractivity contribution in [1.82, 2.24) is 9.78 Å². The molecule has 166 valence electrons. The van der Waals surface area contributed by atoms with Crippen LogP contribution >= 0.6 is 15.9 Å². The Kier molecular flexibility index (Phi) is 7.53. The summed E-state index contributed by atoms with van der Waals surface area (Å²) in [6.07, 6.45) is 1.02. The highest BCUT2D eigenvalue weighted by atomic mass is 79.9. The lowest BCUT2D eigenvalue weighted by atomic mass is 9.95. The monoisotopic (exact) mass is 498 g/mol. The van der Waals surface area contributed by atoms with Crippen LogP contribution in [0.2, 0.25) is 0 Å². The highest BCUT2D eigenvalue weighted by Gasteiger charge is 2.30. The third kappa shape index (κ3) is 5.12. The summed E-state index contributed by atoms with van der Waals surface area (Å²) in [5.74, 6) is -0.155. The van der Waals surface area contributed by atoms with E-state index in [2.05, 4.69) is 26.3 Å². The molecule has 0 bridgehead atoms. The first-order chi connectivity index (χ1) is 13.8. The molecule has 0 fully saturated rings. The van der Waals surface area contributed by atoms with Gasteiger partial charge >= 0.3 is 0 Å². The molecular formula is C21H31BrN4O3S. The molecule has 1 amide bonds. The zero-order valence-electron chi connectivity index (χ0n) is 18.4. The topological polar surface area (TPSA) is 107 Å². The fourth-order valence-corrected chi connectivity index (χ4v) is 5.48. The van der Waals surface area contributed by atoms with Crippen LogP contribution in [0, 0.1) is 5.41 Å². The van der Waals surface area contributed by atoms with Gasteiger partial charge in [0.05, 0.1) is 28.5 Å². The van der Waals surface area contributed by atoms with Gasteiger partial charge in [0.2, 0.25) is 15.7 Å². The van der Waals surface area contributed by atoms with Crippen LogP contribution in [-0.2, 0) is 34.0 Å². The molecule has 0 aliphatic heterocycles. The number of rotatable bonds is 7. The fraction of sp³-hybridized carbons (Fsp3) is 0.524. The average Bonchev–Trinajstić information content (AvgIpc) is 2.99. The summed E-state index contributed by atoms with van der Waals surface area (Å²) in [6, 6.07) is 4.50. The molecule has 0 saturated carbocycles. The Morgan fingerprint density at radius 1 is 1.27 bits per heavy atom. The molecule has 2 rings (SSSR count). The average molecular weight is 499 g/mol. The van der Waals surface area contributed by atoms with Crippen molar-refractivity contribution < 1.29 is 13.2 Å². The molecular weight excluding hydrogens is 468 g/mol. The SMILES string of the molecule is CCc1nn(C[C@H](C)N)c(CC)c1S(=O)(=O)c1ccc(NC(=O)C(C)(C)C)c(Br)c1. The number of benzene rings is 1. The van der Waals surface area contributed by atoms with Crippen LogP contribution in [0.5, 0.6) is 0 Å². The third-order valence-electron chi connectivity index (χ3n) is 4.66. The standard InChI is InChI=1S/C21H31BrN4O3S/c1-7-16-19(18(8-2)26(25-16)12-13(3)23)30(28,29)14-9-10-17(15(22)11-14)24-20(27)21(4,5)6/h9-11,13H,7-8,12,23H2,1-6H3,(H,24,27)/t13-/m0/s1. The number of nitrogens with two attached hydrogens (primary N) is 1. The number of amides is 1. The first kappa shape index (κ1) is 24.6. The van der Waals surface area contributed by atoms with Crippen molar-refractivity contribution in [3.05, 3.63) is 34.1 Å². The minimum absolute atomic E-state index is 0.143. The Balaban J connectivity index is 2.53. The van der Waals surface area contributed by atoms with Crippen LogP contribution in [0.3, 0.4) is 0 Å². The summed E-state index contributed by atoms with van der Waals surface area (Å²) in [4.78, 5) is 12.7. The van der Waals surface area contributed by atoms with Crippen molar-refractivity contribution in [2.75, 3.05) is 5.32 Å². The Labute approximate surface area is 187 Å². The predicted octanol–water partition coefficient (Wildman–Crippen LogP) is 3.94. The number of halogens is 1. The highest BCUT2D eigenvalue weighted by molar-refractivity contribution is 9.10. The van der Waals surface area contributed by atoms with E-state index in [9.17, 15) is 13.2 Å². The minimum Gasteiger partial charge on any atom is -0.326 e. The second-order valence-electron chi connectivity index (χ2n) is 8.44. The number of nitrogens with one attached hydrogen (secondary N) is 1. The zero-order valence-corrected chi connectivity index (χ0v) is 20.8. The molecule has 1 atom stereocenters. The van der Waals surface area contributed by atoms with Gasteiger partial charge in [-0.1, -0.05) is 34.6 Å². The normalized spacial score (nSPS) is 13.3. The molecule has 0 aliphatic rings. The Morgan fingerprint density at radius 2 is 1.90 bits per heavy atom. The number of aryl methyl sites for hydroxylation is 1. The number of anilines is 1. The zero-order chi connectivity index (χ0) is 22.9. The first-order valence-corrected chi connectivity index (χ1v) is 12.3. The minimum atomic E-state index is -3.80. The molecule has 1 aromatic carbocycles. The smallest absolute Gasteiger partial charge is 0.229 e. The summed E-state index contributed by atoms with van der Waals surface area (Å²) in [5, 5.41) is 7.35. The molecule has 3 N–H and O–H groups in total. The van der Waals surface area contributed by atoms with Gasteiger partial charge in [0.25, 0.3) is 0 Å². The molecule has 9 heteroatoms. The number of aromatic nitrogens is 2. The maximum Gasteiger partial charge on any atom is 0.229 e. The van der Waals surface area contributed by atoms with Crippen LogP contribution in [0.1, 0.15) is 52.9 Å². The van der Waals surface area contributed by atoms with E-state index >= 15 is 0 Å². The van der Waals surface area contributed by atoms with E-state index in [1.54, 1.807) is 10.7 Å². The summed E-state index contributed by atoms with van der Waals surface area (Å²) >= 11 is 3.40. The third-order valence-corrected chi connectivity index (χ3v) is 7.20. The van der Waals surface area contributed by atoms with Crippen molar-refractivity contribution >= 4 is 37.4 Å². The van der Waals surface area contributed by atoms with E-state index in [0.717, 1.165) is 0 Å². The maximum absolute atomic E-state index is 13.5. The van der Waals surface area contributed by atoms with Crippen molar-refractivity contribution in [2.45, 2.75) is 76.8 Å². The lowest BCUT2D eigenvalue weighted by molar-refractivity contribution is -0.123. The van der Waals surface area contributed by atoms with Crippen molar-refractivity contribution in [2.24, 2.45) is 11.1 Å². The van der Waals surface area contributed by atoms with Gasteiger partial charge in [0.15, 0.2) is 0 Å². The van der Waals surface area contributed by atoms with E-state index in [1.165, 1.54) is 12.1 Å². The number of hydrogen-bond donors (Lipinski definition) is 2. The van der Waals surface area contributed by atoms with Crippen molar-refractivity contribution in [3.63, 3.8) is 0 Å². The van der Waals surface area contributed by atoms with Gasteiger partial charge in [-0.3, -0.25) is 9.48 Å². The summed E-state index contributed by atoms with van der Waals surface area (Å²) in [7, 11) is -3.80. The largest absolute Gasteiger partial charge is 0.326 e. The number of nitrogens with zero attached hydrogens (tertiary/aromatic N) is 2. The van der Waals surface area contributed by atoms with Crippen molar-refractivity contribution in [3.8, 4) is 0 Å². The lowest BCUT2D eigenvalue weighted by Gasteiger charge is -2.18. The van der Waals surface area contributed by atoms with E-state index in [4.69, 9.17) is 5.73 Å². The van der Waals surface area contributed by atoms with Crippen molar-refractivity contribution in [1.29, 1.82) is 0 Å². The molecule has 7 nitrogen and oxygen atoms in total. The van der Waals surface area contributed by atoms with Crippen LogP contribution in [0.4, 0.5) is 5.69 Å². The van der Waals surface area contributed by atoms with Gasteiger partial charge in [-0.15, -0.1) is 0 Å². The number of carbonyl (C=O) groups is 1. The predicted molar refractivity (Wildman–Crippen MR) is 122 cm³/mol. The quantitative estimate of drug-likeness (QED) is 0.600. The van der Waals surface area contributed by atoms with E-state index in [-0.39, 0.29) is 21.7 Å².